The lowest BCUT2D eigenvalue weighted by atomic mass is 9.94. The van der Waals surface area contributed by atoms with E-state index in [9.17, 15) is 4.79 Å². The van der Waals surface area contributed by atoms with Crippen LogP contribution in [0.4, 0.5) is 0 Å². The maximum absolute atomic E-state index is 12.5. The molecule has 1 aliphatic rings. The van der Waals surface area contributed by atoms with Crippen molar-refractivity contribution in [2.45, 2.75) is 25.4 Å². The smallest absolute Gasteiger partial charge is 0.257 e. The fourth-order valence-electron chi connectivity index (χ4n) is 3.32. The molecule has 0 radical (unpaired) electrons. The van der Waals surface area contributed by atoms with E-state index >= 15 is 0 Å². The van der Waals surface area contributed by atoms with E-state index in [2.05, 4.69) is 44.9 Å². The summed E-state index contributed by atoms with van der Waals surface area (Å²) in [5, 5.41) is 8.54. The summed E-state index contributed by atoms with van der Waals surface area (Å²) in [6.07, 6.45) is 3.86. The molecule has 6 heteroatoms. The predicted octanol–water partition coefficient (Wildman–Crippen LogP) is 2.29. The predicted molar refractivity (Wildman–Crippen MR) is 97.3 cm³/mol. The van der Waals surface area contributed by atoms with Crippen molar-refractivity contribution in [2.24, 2.45) is 5.10 Å². The number of benzene rings is 1. The van der Waals surface area contributed by atoms with E-state index < -0.39 is 0 Å². The maximum atomic E-state index is 12.5. The second kappa shape index (κ2) is 6.49. The Morgan fingerprint density at radius 1 is 1.28 bits per heavy atom. The number of pyridine rings is 1. The van der Waals surface area contributed by atoms with Crippen molar-refractivity contribution in [3.8, 4) is 0 Å². The minimum absolute atomic E-state index is 0.0756. The molecule has 0 spiro atoms. The summed E-state index contributed by atoms with van der Waals surface area (Å²) in [5.41, 5.74) is 6.78. The number of para-hydroxylation sites is 1. The SMILES string of the molecule is C[C@@H]1N[C@H](C(=O)N/N=C/c2ccccn2)Cc2c1[nH]c1ccccc21. The zero-order valence-electron chi connectivity index (χ0n) is 13.9. The molecular formula is C19H19N5O. The minimum Gasteiger partial charge on any atom is -0.357 e. The third-order valence-electron chi connectivity index (χ3n) is 4.51. The average molecular weight is 333 g/mol. The van der Waals surface area contributed by atoms with E-state index in [0.29, 0.717) is 12.1 Å². The molecule has 6 nitrogen and oxygen atoms in total. The quantitative estimate of drug-likeness (QED) is 0.508. The number of hydrazone groups is 1. The summed E-state index contributed by atoms with van der Waals surface area (Å²) in [7, 11) is 0. The molecule has 2 atom stereocenters. The number of nitrogens with zero attached hydrogens (tertiary/aromatic N) is 2. The van der Waals surface area contributed by atoms with Gasteiger partial charge in [-0.3, -0.25) is 15.1 Å². The minimum atomic E-state index is -0.317. The maximum Gasteiger partial charge on any atom is 0.257 e. The van der Waals surface area contributed by atoms with E-state index in [1.165, 1.54) is 10.9 Å². The number of aromatic nitrogens is 2. The van der Waals surface area contributed by atoms with Gasteiger partial charge < -0.3 is 4.98 Å². The number of hydrogen-bond acceptors (Lipinski definition) is 4. The number of carbonyl (C=O) groups is 1. The van der Waals surface area contributed by atoms with Gasteiger partial charge in [0.1, 0.15) is 0 Å². The molecule has 25 heavy (non-hydrogen) atoms. The van der Waals surface area contributed by atoms with Gasteiger partial charge in [-0.15, -0.1) is 0 Å². The summed E-state index contributed by atoms with van der Waals surface area (Å²) in [6, 6.07) is 13.5. The highest BCUT2D eigenvalue weighted by molar-refractivity contribution is 5.89. The second-order valence-corrected chi connectivity index (χ2v) is 6.20. The van der Waals surface area contributed by atoms with Crippen molar-refractivity contribution in [3.05, 3.63) is 65.6 Å². The molecule has 3 N–H and O–H groups in total. The van der Waals surface area contributed by atoms with Crippen LogP contribution in [0.1, 0.15) is 29.9 Å². The lowest BCUT2D eigenvalue weighted by Crippen LogP contribution is -2.47. The van der Waals surface area contributed by atoms with E-state index in [1.54, 1.807) is 12.4 Å². The Balaban J connectivity index is 1.50. The summed E-state index contributed by atoms with van der Waals surface area (Å²) in [4.78, 5) is 20.1. The molecule has 1 amide bonds. The van der Waals surface area contributed by atoms with Crippen molar-refractivity contribution < 1.29 is 4.79 Å². The normalized spacial score (nSPS) is 19.9. The Labute approximate surface area is 145 Å². The topological polar surface area (TPSA) is 82.2 Å². The zero-order valence-corrected chi connectivity index (χ0v) is 13.9. The van der Waals surface area contributed by atoms with Crippen LogP contribution in [0.5, 0.6) is 0 Å². The summed E-state index contributed by atoms with van der Waals surface area (Å²) < 4.78 is 0. The van der Waals surface area contributed by atoms with E-state index in [0.717, 1.165) is 11.2 Å². The summed E-state index contributed by atoms with van der Waals surface area (Å²) in [6.45, 7) is 2.06. The van der Waals surface area contributed by atoms with Gasteiger partial charge in [0, 0.05) is 28.8 Å². The van der Waals surface area contributed by atoms with Crippen molar-refractivity contribution in [1.82, 2.24) is 20.7 Å². The van der Waals surface area contributed by atoms with Crippen molar-refractivity contribution >= 4 is 23.0 Å². The standard InChI is InChI=1S/C19H19N5O/c1-12-18-15(14-7-2-3-8-16(14)23-18)10-17(22-12)19(25)24-21-11-13-6-4-5-9-20-13/h2-9,11-12,17,22-23H,10H2,1H3,(H,24,25)/b21-11+/t12-,17-/m0/s1. The molecule has 0 unspecified atom stereocenters. The van der Waals surface area contributed by atoms with Crippen LogP contribution in [0.3, 0.4) is 0 Å². The number of amides is 1. The van der Waals surface area contributed by atoms with E-state index in [4.69, 9.17) is 0 Å². The van der Waals surface area contributed by atoms with Gasteiger partial charge in [-0.2, -0.15) is 5.10 Å². The molecule has 3 aromatic rings. The van der Waals surface area contributed by atoms with Gasteiger partial charge in [-0.1, -0.05) is 24.3 Å². The Bertz CT molecular complexity index is 931. The summed E-state index contributed by atoms with van der Waals surface area (Å²) >= 11 is 0. The Morgan fingerprint density at radius 2 is 2.12 bits per heavy atom. The van der Waals surface area contributed by atoms with Crippen LogP contribution >= 0.6 is 0 Å². The van der Waals surface area contributed by atoms with Crippen LogP contribution in [0.25, 0.3) is 10.9 Å². The van der Waals surface area contributed by atoms with Gasteiger partial charge in [0.05, 0.1) is 18.0 Å². The molecule has 2 aromatic heterocycles. The molecule has 4 rings (SSSR count). The molecule has 0 saturated carbocycles. The fraction of sp³-hybridized carbons (Fsp3) is 0.211. The zero-order chi connectivity index (χ0) is 17.2. The highest BCUT2D eigenvalue weighted by Crippen LogP contribution is 2.31. The first-order chi connectivity index (χ1) is 12.2. The third kappa shape index (κ3) is 3.04. The number of aromatic amines is 1. The number of rotatable bonds is 3. The molecule has 3 heterocycles. The third-order valence-corrected chi connectivity index (χ3v) is 4.51. The van der Waals surface area contributed by atoms with Crippen molar-refractivity contribution in [1.29, 1.82) is 0 Å². The Morgan fingerprint density at radius 3 is 2.96 bits per heavy atom. The highest BCUT2D eigenvalue weighted by atomic mass is 16.2. The van der Waals surface area contributed by atoms with Gasteiger partial charge in [-0.05, 0) is 37.1 Å². The van der Waals surface area contributed by atoms with Crippen LogP contribution < -0.4 is 10.7 Å². The second-order valence-electron chi connectivity index (χ2n) is 6.20. The van der Waals surface area contributed by atoms with E-state index in [-0.39, 0.29) is 18.0 Å². The van der Waals surface area contributed by atoms with Crippen LogP contribution in [0, 0.1) is 0 Å². The molecule has 0 aliphatic carbocycles. The number of hydrogen-bond donors (Lipinski definition) is 3. The van der Waals surface area contributed by atoms with Gasteiger partial charge in [0.2, 0.25) is 0 Å². The average Bonchev–Trinajstić information content (AvgIpc) is 3.02. The van der Waals surface area contributed by atoms with Crippen LogP contribution in [0.15, 0.2) is 53.8 Å². The number of fused-ring (bicyclic) bond motifs is 3. The number of carbonyl (C=O) groups excluding carboxylic acids is 1. The lowest BCUT2D eigenvalue weighted by Gasteiger charge is -2.27. The molecule has 126 valence electrons. The number of nitrogens with one attached hydrogen (secondary N) is 3. The monoisotopic (exact) mass is 333 g/mol. The Hall–Kier alpha value is -2.99. The van der Waals surface area contributed by atoms with Crippen LogP contribution in [0.2, 0.25) is 0 Å². The molecule has 0 fully saturated rings. The highest BCUT2D eigenvalue weighted by Gasteiger charge is 2.30. The molecule has 1 aliphatic heterocycles. The van der Waals surface area contributed by atoms with E-state index in [1.807, 2.05) is 30.3 Å². The van der Waals surface area contributed by atoms with Crippen LogP contribution in [-0.2, 0) is 11.2 Å². The number of H-pyrrole nitrogens is 1. The molecule has 1 aromatic carbocycles. The van der Waals surface area contributed by atoms with Crippen LogP contribution in [-0.4, -0.2) is 28.1 Å². The Kier molecular flexibility index (Phi) is 4.03. The van der Waals surface area contributed by atoms with Crippen molar-refractivity contribution in [3.63, 3.8) is 0 Å². The lowest BCUT2D eigenvalue weighted by molar-refractivity contribution is -0.123. The van der Waals surface area contributed by atoms with Gasteiger partial charge in [0.25, 0.3) is 5.91 Å². The van der Waals surface area contributed by atoms with Gasteiger partial charge in [0.15, 0.2) is 0 Å². The molecular weight excluding hydrogens is 314 g/mol. The van der Waals surface area contributed by atoms with Gasteiger partial charge >= 0.3 is 0 Å². The molecule has 0 bridgehead atoms. The van der Waals surface area contributed by atoms with Crippen molar-refractivity contribution in [2.75, 3.05) is 0 Å². The largest absolute Gasteiger partial charge is 0.357 e. The first-order valence-corrected chi connectivity index (χ1v) is 8.32. The first kappa shape index (κ1) is 15.5. The first-order valence-electron chi connectivity index (χ1n) is 8.32. The summed E-state index contributed by atoms with van der Waals surface area (Å²) in [5.74, 6) is -0.144. The fourth-order valence-corrected chi connectivity index (χ4v) is 3.32. The van der Waals surface area contributed by atoms with Gasteiger partial charge in [-0.25, -0.2) is 5.43 Å². The molecule has 0 saturated heterocycles.